The minimum atomic E-state index is -0.848. The van der Waals surface area contributed by atoms with Crippen LogP contribution in [0.25, 0.3) is 0 Å². The van der Waals surface area contributed by atoms with Gasteiger partial charge in [-0.2, -0.15) is 5.26 Å². The number of nitrogens with zero attached hydrogens (tertiary/aromatic N) is 4. The summed E-state index contributed by atoms with van der Waals surface area (Å²) < 4.78 is 1.96. The number of Topliss-reactive ketones (excluding diaryl/α,β-unsaturated/α-hetero) is 1. The van der Waals surface area contributed by atoms with Crippen molar-refractivity contribution in [3.63, 3.8) is 0 Å². The summed E-state index contributed by atoms with van der Waals surface area (Å²) in [4.78, 5) is 19.7. The molecule has 1 aliphatic rings. The molecular weight excluding hydrogens is 336 g/mol. The summed E-state index contributed by atoms with van der Waals surface area (Å²) in [5.74, 6) is 0.104. The lowest BCUT2D eigenvalue weighted by Gasteiger charge is -2.33. The van der Waals surface area contributed by atoms with E-state index in [1.54, 1.807) is 18.5 Å². The maximum atomic E-state index is 13.4. The number of fused-ring (bicyclic) bond motifs is 1. The molecule has 0 amide bonds. The number of carbonyl (C=O) groups is 1. The van der Waals surface area contributed by atoms with Crippen molar-refractivity contribution >= 4 is 17.4 Å². The number of likely N-dealkylation sites (N-methyl/N-ethyl adjacent to an activating group) is 1. The molecule has 6 heteroatoms. The molecule has 1 unspecified atom stereocenters. The summed E-state index contributed by atoms with van der Waals surface area (Å²) >= 11 is 6.50. The fraction of sp³-hybridized carbons (Fsp3) is 0.421. The predicted octanol–water partition coefficient (Wildman–Crippen LogP) is 3.01. The van der Waals surface area contributed by atoms with Gasteiger partial charge in [-0.15, -0.1) is 0 Å². The van der Waals surface area contributed by atoms with Gasteiger partial charge in [-0.25, -0.2) is 4.98 Å². The predicted molar refractivity (Wildman–Crippen MR) is 96.6 cm³/mol. The Labute approximate surface area is 152 Å². The van der Waals surface area contributed by atoms with E-state index >= 15 is 0 Å². The zero-order chi connectivity index (χ0) is 18.0. The Morgan fingerprint density at radius 1 is 1.52 bits per heavy atom. The first-order valence-corrected chi connectivity index (χ1v) is 8.84. The molecule has 0 saturated carbocycles. The first-order valence-electron chi connectivity index (χ1n) is 8.46. The van der Waals surface area contributed by atoms with Crippen molar-refractivity contribution in [3.8, 4) is 6.07 Å². The van der Waals surface area contributed by atoms with Gasteiger partial charge in [-0.1, -0.05) is 24.6 Å². The summed E-state index contributed by atoms with van der Waals surface area (Å²) in [6.07, 6.45) is 5.95. The topological polar surface area (TPSA) is 61.9 Å². The quantitative estimate of drug-likeness (QED) is 0.798. The largest absolute Gasteiger partial charge is 0.317 e. The molecule has 2 aromatic rings. The molecule has 0 aliphatic carbocycles. The SMILES string of the molecule is CCCN(C)CC(=O)C1(c2ccc(C#N)cc2Cl)CCc2cncn21. The fourth-order valence-corrected chi connectivity index (χ4v) is 4.06. The highest BCUT2D eigenvalue weighted by molar-refractivity contribution is 6.32. The van der Waals surface area contributed by atoms with Gasteiger partial charge in [-0.3, -0.25) is 9.69 Å². The van der Waals surface area contributed by atoms with Crippen LogP contribution in [-0.2, 0) is 16.8 Å². The summed E-state index contributed by atoms with van der Waals surface area (Å²) in [5, 5.41) is 9.55. The van der Waals surface area contributed by atoms with E-state index in [0.29, 0.717) is 23.6 Å². The molecule has 0 radical (unpaired) electrons. The molecule has 2 heterocycles. The van der Waals surface area contributed by atoms with Crippen LogP contribution in [0.3, 0.4) is 0 Å². The number of aryl methyl sites for hydroxylation is 1. The minimum absolute atomic E-state index is 0.104. The van der Waals surface area contributed by atoms with E-state index in [4.69, 9.17) is 16.9 Å². The number of hydrogen-bond donors (Lipinski definition) is 0. The second-order valence-corrected chi connectivity index (χ2v) is 6.99. The molecule has 0 spiro atoms. The first-order chi connectivity index (χ1) is 12.0. The Kier molecular flexibility index (Phi) is 4.94. The second kappa shape index (κ2) is 6.99. The fourth-order valence-electron chi connectivity index (χ4n) is 3.73. The maximum Gasteiger partial charge on any atom is 0.177 e. The monoisotopic (exact) mass is 356 g/mol. The van der Waals surface area contributed by atoms with E-state index in [9.17, 15) is 4.79 Å². The van der Waals surface area contributed by atoms with Crippen LogP contribution in [0.4, 0.5) is 0 Å². The third kappa shape index (κ3) is 2.97. The number of rotatable bonds is 6. The van der Waals surface area contributed by atoms with Crippen molar-refractivity contribution in [2.24, 2.45) is 0 Å². The zero-order valence-corrected chi connectivity index (χ0v) is 15.3. The van der Waals surface area contributed by atoms with Crippen molar-refractivity contribution < 1.29 is 4.79 Å². The Morgan fingerprint density at radius 3 is 3.00 bits per heavy atom. The highest BCUT2D eigenvalue weighted by atomic mass is 35.5. The van der Waals surface area contributed by atoms with E-state index in [2.05, 4.69) is 18.0 Å². The molecule has 0 fully saturated rings. The molecule has 0 bridgehead atoms. The van der Waals surface area contributed by atoms with Gasteiger partial charge in [0, 0.05) is 22.5 Å². The lowest BCUT2D eigenvalue weighted by atomic mass is 9.82. The van der Waals surface area contributed by atoms with E-state index in [0.717, 1.165) is 30.6 Å². The zero-order valence-electron chi connectivity index (χ0n) is 14.5. The van der Waals surface area contributed by atoms with Crippen LogP contribution < -0.4 is 0 Å². The summed E-state index contributed by atoms with van der Waals surface area (Å²) in [5.41, 5.74) is 1.42. The van der Waals surface area contributed by atoms with Gasteiger partial charge >= 0.3 is 0 Å². The van der Waals surface area contributed by atoms with Crippen LogP contribution in [0.2, 0.25) is 5.02 Å². The number of halogens is 1. The van der Waals surface area contributed by atoms with Gasteiger partial charge in [0.25, 0.3) is 0 Å². The van der Waals surface area contributed by atoms with Crippen LogP contribution in [0.1, 0.15) is 36.6 Å². The molecule has 130 valence electrons. The number of aromatic nitrogens is 2. The third-order valence-corrected chi connectivity index (χ3v) is 5.21. The number of benzene rings is 1. The van der Waals surface area contributed by atoms with Crippen LogP contribution in [0.15, 0.2) is 30.7 Å². The number of imidazole rings is 1. The molecule has 3 rings (SSSR count). The third-order valence-electron chi connectivity index (χ3n) is 4.89. The molecule has 1 aliphatic heterocycles. The average molecular weight is 357 g/mol. The smallest absolute Gasteiger partial charge is 0.177 e. The van der Waals surface area contributed by atoms with E-state index < -0.39 is 5.54 Å². The van der Waals surface area contributed by atoms with Gasteiger partial charge in [0.05, 0.1) is 24.5 Å². The van der Waals surface area contributed by atoms with Crippen molar-refractivity contribution in [1.82, 2.24) is 14.5 Å². The van der Waals surface area contributed by atoms with Gasteiger partial charge in [0.15, 0.2) is 5.78 Å². The Morgan fingerprint density at radius 2 is 2.32 bits per heavy atom. The molecule has 25 heavy (non-hydrogen) atoms. The Balaban J connectivity index is 2.09. The van der Waals surface area contributed by atoms with Gasteiger partial charge in [0.2, 0.25) is 0 Å². The molecule has 1 aromatic carbocycles. The molecule has 0 N–H and O–H groups in total. The van der Waals surface area contributed by atoms with Crippen LogP contribution in [0.5, 0.6) is 0 Å². The van der Waals surface area contributed by atoms with Crippen LogP contribution in [0, 0.1) is 11.3 Å². The number of hydrogen-bond acceptors (Lipinski definition) is 4. The second-order valence-electron chi connectivity index (χ2n) is 6.58. The standard InChI is InChI=1S/C19H21ClN4O/c1-3-8-23(2)12-18(25)19(7-6-15-11-22-13-24(15)19)16-5-4-14(10-21)9-17(16)20/h4-5,9,11,13H,3,6-8,12H2,1-2H3. The lowest BCUT2D eigenvalue weighted by Crippen LogP contribution is -2.45. The normalized spacial score (nSPS) is 19.0. The van der Waals surface area contributed by atoms with Crippen molar-refractivity contribution in [2.75, 3.05) is 20.1 Å². The van der Waals surface area contributed by atoms with Gasteiger partial charge in [-0.05, 0) is 45.0 Å². The molecule has 1 aromatic heterocycles. The van der Waals surface area contributed by atoms with E-state index in [1.165, 1.54) is 0 Å². The van der Waals surface area contributed by atoms with Gasteiger partial charge in [0.1, 0.15) is 5.54 Å². The summed E-state index contributed by atoms with van der Waals surface area (Å²) in [6.45, 7) is 3.30. The molecule has 0 saturated heterocycles. The Hall–Kier alpha value is -2.16. The van der Waals surface area contributed by atoms with E-state index in [1.807, 2.05) is 28.8 Å². The molecule has 1 atom stereocenters. The highest BCUT2D eigenvalue weighted by Gasteiger charge is 2.47. The minimum Gasteiger partial charge on any atom is -0.317 e. The van der Waals surface area contributed by atoms with Crippen LogP contribution in [-0.4, -0.2) is 40.4 Å². The van der Waals surface area contributed by atoms with Crippen LogP contribution >= 0.6 is 11.6 Å². The number of carbonyl (C=O) groups excluding carboxylic acids is 1. The van der Waals surface area contributed by atoms with Crippen molar-refractivity contribution in [3.05, 3.63) is 52.6 Å². The lowest BCUT2D eigenvalue weighted by molar-refractivity contribution is -0.126. The summed E-state index contributed by atoms with van der Waals surface area (Å²) in [7, 11) is 1.96. The number of ketones is 1. The summed E-state index contributed by atoms with van der Waals surface area (Å²) in [6, 6.07) is 7.27. The molecule has 5 nitrogen and oxygen atoms in total. The van der Waals surface area contributed by atoms with Crippen molar-refractivity contribution in [2.45, 2.75) is 31.7 Å². The number of nitriles is 1. The maximum absolute atomic E-state index is 13.4. The average Bonchev–Trinajstić information content (AvgIpc) is 3.17. The Bertz CT molecular complexity index is 838. The first kappa shape index (κ1) is 17.7. The van der Waals surface area contributed by atoms with Crippen molar-refractivity contribution in [1.29, 1.82) is 5.26 Å². The van der Waals surface area contributed by atoms with E-state index in [-0.39, 0.29) is 5.78 Å². The molecular formula is C19H21ClN4O. The van der Waals surface area contributed by atoms with Gasteiger partial charge < -0.3 is 4.57 Å². The highest BCUT2D eigenvalue weighted by Crippen LogP contribution is 2.42.